The fourth-order valence-corrected chi connectivity index (χ4v) is 4.86. The molecule has 1 saturated heterocycles. The molecule has 0 amide bonds. The molecule has 1 fully saturated rings. The fraction of sp³-hybridized carbons (Fsp3) is 0.500. The van der Waals surface area contributed by atoms with Crippen molar-refractivity contribution in [2.24, 2.45) is 5.92 Å². The molecule has 1 aromatic carbocycles. The number of phenolic OH excluding ortho intramolecular Hbond substituents is 1. The van der Waals surface area contributed by atoms with E-state index in [2.05, 4.69) is 5.32 Å². The molecule has 0 aromatic heterocycles. The second-order valence-corrected chi connectivity index (χ2v) is 8.59. The summed E-state index contributed by atoms with van der Waals surface area (Å²) >= 11 is 0. The summed E-state index contributed by atoms with van der Waals surface area (Å²) in [6.07, 6.45) is 4.29. The van der Waals surface area contributed by atoms with Crippen LogP contribution in [0, 0.1) is 16.0 Å². The van der Waals surface area contributed by atoms with Crippen molar-refractivity contribution in [2.45, 2.75) is 51.6 Å². The number of esters is 1. The second kappa shape index (κ2) is 9.84. The zero-order chi connectivity index (χ0) is 24.4. The first-order valence-corrected chi connectivity index (χ1v) is 11.4. The average Bonchev–Trinajstić information content (AvgIpc) is 3.32. The Bertz CT molecular complexity index is 1070. The maximum Gasteiger partial charge on any atom is 0.336 e. The topological polar surface area (TPSA) is 137 Å². The minimum Gasteiger partial charge on any atom is -0.500 e. The number of hydrogen-bond donors (Lipinski definition) is 2. The third-order valence-corrected chi connectivity index (χ3v) is 6.39. The first-order valence-electron chi connectivity index (χ1n) is 11.4. The normalized spacial score (nSPS) is 24.2. The highest BCUT2D eigenvalue weighted by Gasteiger charge is 2.44. The lowest BCUT2D eigenvalue weighted by atomic mass is 9.71. The molecule has 4 rings (SSSR count). The van der Waals surface area contributed by atoms with Crippen LogP contribution in [0.15, 0.2) is 35.2 Å². The second-order valence-electron chi connectivity index (χ2n) is 8.59. The van der Waals surface area contributed by atoms with E-state index in [0.717, 1.165) is 12.8 Å². The number of benzene rings is 1. The van der Waals surface area contributed by atoms with Crippen LogP contribution in [0.1, 0.15) is 51.0 Å². The Labute approximate surface area is 196 Å². The van der Waals surface area contributed by atoms with Crippen LogP contribution in [0.3, 0.4) is 0 Å². The van der Waals surface area contributed by atoms with Gasteiger partial charge >= 0.3 is 11.7 Å². The van der Waals surface area contributed by atoms with Crippen molar-refractivity contribution in [1.82, 2.24) is 5.32 Å². The molecule has 3 aliphatic rings. The highest BCUT2D eigenvalue weighted by molar-refractivity contribution is 5.96. The lowest BCUT2D eigenvalue weighted by Crippen LogP contribution is -2.41. The summed E-state index contributed by atoms with van der Waals surface area (Å²) in [6, 6.07) is 2.66. The van der Waals surface area contributed by atoms with Gasteiger partial charge in [-0.2, -0.15) is 0 Å². The molecule has 10 nitrogen and oxygen atoms in total. The highest BCUT2D eigenvalue weighted by atomic mass is 16.6. The SMILES string of the molecule is CCOc1cc(C2C(C(=O)OCC3CCCO3)=C(C)NC3=CCCC(=O)C32)cc([N+](=O)[O-])c1O. The van der Waals surface area contributed by atoms with Crippen LogP contribution in [-0.4, -0.2) is 47.7 Å². The van der Waals surface area contributed by atoms with Gasteiger partial charge in [0.15, 0.2) is 5.75 Å². The van der Waals surface area contributed by atoms with Crippen LogP contribution < -0.4 is 10.1 Å². The molecule has 0 spiro atoms. The Kier molecular flexibility index (Phi) is 6.87. The molecule has 3 atom stereocenters. The Balaban J connectivity index is 1.81. The molecule has 2 N–H and O–H groups in total. The summed E-state index contributed by atoms with van der Waals surface area (Å²) in [5.41, 5.74) is 1.15. The minimum absolute atomic E-state index is 0.0799. The van der Waals surface area contributed by atoms with E-state index in [0.29, 0.717) is 36.4 Å². The van der Waals surface area contributed by atoms with E-state index in [1.54, 1.807) is 13.8 Å². The van der Waals surface area contributed by atoms with Crippen LogP contribution >= 0.6 is 0 Å². The first kappa shape index (κ1) is 23.7. The summed E-state index contributed by atoms with van der Waals surface area (Å²) in [4.78, 5) is 37.3. The van der Waals surface area contributed by atoms with E-state index >= 15 is 0 Å². The maximum absolute atomic E-state index is 13.3. The number of allylic oxidation sites excluding steroid dienone is 3. The number of rotatable bonds is 7. The van der Waals surface area contributed by atoms with E-state index < -0.39 is 34.2 Å². The molecule has 3 unspecified atom stereocenters. The zero-order valence-corrected chi connectivity index (χ0v) is 19.2. The van der Waals surface area contributed by atoms with Gasteiger partial charge in [-0.05, 0) is 44.7 Å². The van der Waals surface area contributed by atoms with Gasteiger partial charge in [0.2, 0.25) is 5.75 Å². The van der Waals surface area contributed by atoms with Crippen LogP contribution in [0.25, 0.3) is 0 Å². The Morgan fingerprint density at radius 2 is 2.15 bits per heavy atom. The lowest BCUT2D eigenvalue weighted by Gasteiger charge is -2.38. The van der Waals surface area contributed by atoms with Crippen molar-refractivity contribution in [3.8, 4) is 11.5 Å². The molecular weight excluding hydrogens is 444 g/mol. The molecule has 0 bridgehead atoms. The number of nitrogens with one attached hydrogen (secondary N) is 1. The number of carbonyl (C=O) groups is 2. The molecule has 1 aliphatic carbocycles. The molecule has 1 aromatic rings. The summed E-state index contributed by atoms with van der Waals surface area (Å²) in [5.74, 6) is -2.95. The smallest absolute Gasteiger partial charge is 0.336 e. The number of ether oxygens (including phenoxy) is 3. The minimum atomic E-state index is -0.837. The van der Waals surface area contributed by atoms with Crippen molar-refractivity contribution >= 4 is 17.4 Å². The molecular formula is C24H28N2O8. The van der Waals surface area contributed by atoms with Gasteiger partial charge < -0.3 is 24.6 Å². The van der Waals surface area contributed by atoms with Crippen molar-refractivity contribution in [3.05, 3.63) is 50.9 Å². The van der Waals surface area contributed by atoms with E-state index in [-0.39, 0.29) is 36.4 Å². The predicted octanol–water partition coefficient (Wildman–Crippen LogP) is 3.25. The largest absolute Gasteiger partial charge is 0.500 e. The van der Waals surface area contributed by atoms with Gasteiger partial charge in [-0.15, -0.1) is 0 Å². The molecule has 2 aliphatic heterocycles. The third kappa shape index (κ3) is 4.50. The first-order chi connectivity index (χ1) is 16.3. The van der Waals surface area contributed by atoms with Gasteiger partial charge in [-0.1, -0.05) is 6.08 Å². The number of Topliss-reactive ketones (excluding diaryl/α,β-unsaturated/α-hetero) is 1. The Hall–Kier alpha value is -3.40. The van der Waals surface area contributed by atoms with Gasteiger partial charge in [0.05, 0.1) is 29.1 Å². The van der Waals surface area contributed by atoms with Crippen LogP contribution in [0.5, 0.6) is 11.5 Å². The summed E-state index contributed by atoms with van der Waals surface area (Å²) in [7, 11) is 0. The summed E-state index contributed by atoms with van der Waals surface area (Å²) < 4.78 is 16.6. The zero-order valence-electron chi connectivity index (χ0n) is 19.2. The number of ketones is 1. The van der Waals surface area contributed by atoms with Crippen molar-refractivity contribution in [2.75, 3.05) is 19.8 Å². The monoisotopic (exact) mass is 472 g/mol. The molecule has 182 valence electrons. The number of fused-ring (bicyclic) bond motifs is 1. The molecule has 10 heteroatoms. The van der Waals surface area contributed by atoms with Crippen LogP contribution in [0.2, 0.25) is 0 Å². The number of nitrogens with zero attached hydrogens (tertiary/aromatic N) is 1. The predicted molar refractivity (Wildman–Crippen MR) is 120 cm³/mol. The van der Waals surface area contributed by atoms with Gasteiger partial charge in [-0.25, -0.2) is 4.79 Å². The molecule has 34 heavy (non-hydrogen) atoms. The maximum atomic E-state index is 13.3. The highest BCUT2D eigenvalue weighted by Crippen LogP contribution is 2.47. The average molecular weight is 472 g/mol. The number of aromatic hydroxyl groups is 1. The standard InChI is InChI=1S/C24H28N2O8/c1-3-32-19-11-14(10-17(23(19)28)26(30)31)21-20(24(29)34-12-15-6-5-9-33-15)13(2)25-16-7-4-8-18(27)22(16)21/h7,10-11,15,21-22,25,28H,3-6,8-9,12H2,1-2H3. The van der Waals surface area contributed by atoms with Crippen LogP contribution in [-0.2, 0) is 19.1 Å². The van der Waals surface area contributed by atoms with Crippen molar-refractivity contribution in [1.29, 1.82) is 0 Å². The Morgan fingerprint density at radius 3 is 2.82 bits per heavy atom. The number of nitro groups is 1. The van der Waals surface area contributed by atoms with Crippen molar-refractivity contribution < 1.29 is 33.8 Å². The van der Waals surface area contributed by atoms with E-state index in [1.807, 2.05) is 6.08 Å². The van der Waals surface area contributed by atoms with Crippen molar-refractivity contribution in [3.63, 3.8) is 0 Å². The van der Waals surface area contributed by atoms with E-state index in [9.17, 15) is 24.8 Å². The number of nitro benzene ring substituents is 1. The summed E-state index contributed by atoms with van der Waals surface area (Å²) in [6.45, 7) is 4.27. The van der Waals surface area contributed by atoms with Gasteiger partial charge in [0, 0.05) is 36.4 Å². The van der Waals surface area contributed by atoms with Gasteiger partial charge in [-0.3, -0.25) is 14.9 Å². The third-order valence-electron chi connectivity index (χ3n) is 6.39. The van der Waals surface area contributed by atoms with E-state index in [1.165, 1.54) is 12.1 Å². The van der Waals surface area contributed by atoms with Crippen LogP contribution in [0.4, 0.5) is 5.69 Å². The number of phenols is 1. The number of carbonyl (C=O) groups excluding carboxylic acids is 2. The fourth-order valence-electron chi connectivity index (χ4n) is 4.86. The molecule has 2 heterocycles. The molecule has 0 saturated carbocycles. The molecule has 0 radical (unpaired) electrons. The lowest BCUT2D eigenvalue weighted by molar-refractivity contribution is -0.386. The number of hydrogen-bond acceptors (Lipinski definition) is 9. The van der Waals surface area contributed by atoms with E-state index in [4.69, 9.17) is 14.2 Å². The summed E-state index contributed by atoms with van der Waals surface area (Å²) in [5, 5.41) is 25.2. The Morgan fingerprint density at radius 1 is 1.35 bits per heavy atom. The van der Waals surface area contributed by atoms with Gasteiger partial charge in [0.25, 0.3) is 0 Å². The van der Waals surface area contributed by atoms with Gasteiger partial charge in [0.1, 0.15) is 12.4 Å². The quantitative estimate of drug-likeness (QED) is 0.348.